The lowest BCUT2D eigenvalue weighted by Gasteiger charge is -2.02. The summed E-state index contributed by atoms with van der Waals surface area (Å²) < 4.78 is 0. The van der Waals surface area contributed by atoms with Crippen LogP contribution in [0.3, 0.4) is 0 Å². The van der Waals surface area contributed by atoms with Gasteiger partial charge in [-0.1, -0.05) is 0 Å². The van der Waals surface area contributed by atoms with Crippen molar-refractivity contribution >= 4 is 17.5 Å². The predicted octanol–water partition coefficient (Wildman–Crippen LogP) is 0.464. The van der Waals surface area contributed by atoms with E-state index in [0.717, 1.165) is 0 Å². The van der Waals surface area contributed by atoms with Gasteiger partial charge in [-0.2, -0.15) is 0 Å². The molecule has 0 fully saturated rings. The number of amides is 2. The molecule has 0 aliphatic rings. The molecule has 7 nitrogen and oxygen atoms in total. The third kappa shape index (κ3) is 2.51. The van der Waals surface area contributed by atoms with Crippen LogP contribution in [0.25, 0.3) is 0 Å². The zero-order chi connectivity index (χ0) is 13.1. The Balaban J connectivity index is 2.10. The van der Waals surface area contributed by atoms with Crippen molar-refractivity contribution in [2.75, 3.05) is 5.32 Å². The van der Waals surface area contributed by atoms with E-state index in [0.29, 0.717) is 17.1 Å². The van der Waals surface area contributed by atoms with Crippen molar-refractivity contribution in [1.29, 1.82) is 0 Å². The Bertz CT molecular complexity index is 588. The lowest BCUT2D eigenvalue weighted by atomic mass is 10.2. The van der Waals surface area contributed by atoms with Crippen molar-refractivity contribution in [3.63, 3.8) is 0 Å². The summed E-state index contributed by atoms with van der Waals surface area (Å²) in [6, 6.07) is 6.22. The Morgan fingerprint density at radius 1 is 1.28 bits per heavy atom. The van der Waals surface area contributed by atoms with Gasteiger partial charge in [0.05, 0.1) is 0 Å². The van der Waals surface area contributed by atoms with Crippen LogP contribution in [0.1, 0.15) is 26.8 Å². The number of rotatable bonds is 3. The number of carbonyl (C=O) groups excluding carboxylic acids is 2. The number of hydrogen-bond acceptors (Lipinski definition) is 4. The van der Waals surface area contributed by atoms with Crippen LogP contribution in [0.5, 0.6) is 0 Å². The third-order valence-electron chi connectivity index (χ3n) is 2.23. The van der Waals surface area contributed by atoms with E-state index >= 15 is 0 Å². The number of nitrogens with zero attached hydrogens (tertiary/aromatic N) is 2. The van der Waals surface area contributed by atoms with Gasteiger partial charge < -0.3 is 11.1 Å². The summed E-state index contributed by atoms with van der Waals surface area (Å²) in [4.78, 5) is 26.5. The van der Waals surface area contributed by atoms with E-state index in [-0.39, 0.29) is 5.82 Å². The zero-order valence-electron chi connectivity index (χ0n) is 9.60. The predicted molar refractivity (Wildman–Crippen MR) is 64.0 cm³/mol. The normalized spacial score (nSPS) is 10.1. The van der Waals surface area contributed by atoms with Crippen LogP contribution in [0.15, 0.2) is 24.3 Å². The van der Waals surface area contributed by atoms with Gasteiger partial charge in [-0.15, -0.1) is 5.10 Å². The van der Waals surface area contributed by atoms with Crippen LogP contribution >= 0.6 is 0 Å². The topological polar surface area (TPSA) is 114 Å². The fraction of sp³-hybridized carbons (Fsp3) is 0.0909. The minimum Gasteiger partial charge on any atom is -0.366 e. The monoisotopic (exact) mass is 245 g/mol. The molecule has 0 unspecified atom stereocenters. The molecule has 1 aromatic heterocycles. The maximum absolute atomic E-state index is 11.7. The van der Waals surface area contributed by atoms with Crippen molar-refractivity contribution in [2.45, 2.75) is 6.92 Å². The number of aromatic nitrogens is 3. The molecule has 0 saturated heterocycles. The van der Waals surface area contributed by atoms with Gasteiger partial charge >= 0.3 is 0 Å². The summed E-state index contributed by atoms with van der Waals surface area (Å²) in [6.07, 6.45) is 0. The smallest absolute Gasteiger partial charge is 0.295 e. The van der Waals surface area contributed by atoms with Crippen LogP contribution in [0.4, 0.5) is 5.69 Å². The van der Waals surface area contributed by atoms with Crippen molar-refractivity contribution in [3.8, 4) is 0 Å². The molecular formula is C11H11N5O2. The van der Waals surface area contributed by atoms with E-state index in [4.69, 9.17) is 5.73 Å². The molecule has 7 heteroatoms. The second-order valence-corrected chi connectivity index (χ2v) is 3.64. The molecule has 1 heterocycles. The fourth-order valence-corrected chi connectivity index (χ4v) is 1.35. The van der Waals surface area contributed by atoms with Crippen molar-refractivity contribution < 1.29 is 9.59 Å². The lowest BCUT2D eigenvalue weighted by Crippen LogP contribution is -2.14. The molecule has 0 aliphatic heterocycles. The number of carbonyl (C=O) groups is 2. The average Bonchev–Trinajstić information content (AvgIpc) is 2.76. The number of aryl methyl sites for hydroxylation is 1. The first-order valence-electron chi connectivity index (χ1n) is 5.16. The Kier molecular flexibility index (Phi) is 3.05. The maximum Gasteiger partial charge on any atom is 0.295 e. The molecule has 0 bridgehead atoms. The summed E-state index contributed by atoms with van der Waals surface area (Å²) in [5.41, 5.74) is 6.02. The number of nitrogens with two attached hydrogens (primary N) is 1. The highest BCUT2D eigenvalue weighted by atomic mass is 16.2. The second-order valence-electron chi connectivity index (χ2n) is 3.64. The molecule has 2 aromatic rings. The molecule has 2 rings (SSSR count). The number of primary amides is 1. The van der Waals surface area contributed by atoms with Gasteiger partial charge in [-0.25, -0.2) is 4.98 Å². The van der Waals surface area contributed by atoms with Gasteiger partial charge in [0.2, 0.25) is 11.7 Å². The third-order valence-corrected chi connectivity index (χ3v) is 2.23. The molecule has 18 heavy (non-hydrogen) atoms. The van der Waals surface area contributed by atoms with E-state index in [1.807, 2.05) is 0 Å². The molecule has 0 spiro atoms. The van der Waals surface area contributed by atoms with Crippen LogP contribution in [0, 0.1) is 6.92 Å². The van der Waals surface area contributed by atoms with Gasteiger partial charge in [-0.05, 0) is 31.2 Å². The van der Waals surface area contributed by atoms with Gasteiger partial charge in [0, 0.05) is 11.3 Å². The first-order valence-corrected chi connectivity index (χ1v) is 5.16. The Labute approximate surface area is 102 Å². The summed E-state index contributed by atoms with van der Waals surface area (Å²) in [5.74, 6) is -0.320. The van der Waals surface area contributed by atoms with E-state index in [9.17, 15) is 9.59 Å². The number of nitrogens with one attached hydrogen (secondary N) is 2. The van der Waals surface area contributed by atoms with Crippen LogP contribution in [0.2, 0.25) is 0 Å². The Morgan fingerprint density at radius 3 is 2.44 bits per heavy atom. The first-order chi connectivity index (χ1) is 8.56. The second kappa shape index (κ2) is 4.66. The van der Waals surface area contributed by atoms with E-state index in [1.54, 1.807) is 19.1 Å². The Morgan fingerprint density at radius 2 is 1.94 bits per heavy atom. The van der Waals surface area contributed by atoms with Crippen LogP contribution in [-0.2, 0) is 0 Å². The lowest BCUT2D eigenvalue weighted by molar-refractivity contribution is 0.0997. The molecule has 0 atom stereocenters. The quantitative estimate of drug-likeness (QED) is 0.728. The summed E-state index contributed by atoms with van der Waals surface area (Å²) in [6.45, 7) is 1.70. The van der Waals surface area contributed by atoms with E-state index in [1.165, 1.54) is 12.1 Å². The number of anilines is 1. The molecule has 2 amide bonds. The minimum absolute atomic E-state index is 0.0616. The molecule has 0 aliphatic carbocycles. The number of hydrogen-bond donors (Lipinski definition) is 3. The Hall–Kier alpha value is -2.70. The number of H-pyrrole nitrogens is 1. The molecule has 4 N–H and O–H groups in total. The highest BCUT2D eigenvalue weighted by molar-refractivity contribution is 6.01. The van der Waals surface area contributed by atoms with Crippen LogP contribution in [-0.4, -0.2) is 27.0 Å². The van der Waals surface area contributed by atoms with Gasteiger partial charge in [-0.3, -0.25) is 14.7 Å². The number of aromatic amines is 1. The zero-order valence-corrected chi connectivity index (χ0v) is 9.60. The molecule has 0 radical (unpaired) electrons. The van der Waals surface area contributed by atoms with Crippen LogP contribution < -0.4 is 11.1 Å². The maximum atomic E-state index is 11.7. The SMILES string of the molecule is Cc1nc(C(=O)Nc2ccc(C(N)=O)cc2)n[nH]1. The fourth-order valence-electron chi connectivity index (χ4n) is 1.35. The van der Waals surface area contributed by atoms with E-state index in [2.05, 4.69) is 20.5 Å². The highest BCUT2D eigenvalue weighted by Gasteiger charge is 2.11. The van der Waals surface area contributed by atoms with Crippen molar-refractivity contribution in [2.24, 2.45) is 5.73 Å². The largest absolute Gasteiger partial charge is 0.366 e. The summed E-state index contributed by atoms with van der Waals surface area (Å²) >= 11 is 0. The first kappa shape index (κ1) is 11.8. The number of benzene rings is 1. The average molecular weight is 245 g/mol. The molecule has 0 saturated carbocycles. The summed E-state index contributed by atoms with van der Waals surface area (Å²) in [7, 11) is 0. The highest BCUT2D eigenvalue weighted by Crippen LogP contribution is 2.10. The van der Waals surface area contributed by atoms with Gasteiger partial charge in [0.1, 0.15) is 5.82 Å². The standard InChI is InChI=1S/C11H11N5O2/c1-6-13-10(16-15-6)11(18)14-8-4-2-7(3-5-8)9(12)17/h2-5H,1H3,(H2,12,17)(H,14,18)(H,13,15,16). The van der Waals surface area contributed by atoms with Gasteiger partial charge in [0.15, 0.2) is 0 Å². The van der Waals surface area contributed by atoms with Crippen molar-refractivity contribution in [3.05, 3.63) is 41.5 Å². The van der Waals surface area contributed by atoms with Gasteiger partial charge in [0.25, 0.3) is 5.91 Å². The minimum atomic E-state index is -0.516. The van der Waals surface area contributed by atoms with Crippen molar-refractivity contribution in [1.82, 2.24) is 15.2 Å². The summed E-state index contributed by atoms with van der Waals surface area (Å²) in [5, 5.41) is 8.91. The molecular weight excluding hydrogens is 234 g/mol. The van der Waals surface area contributed by atoms with E-state index < -0.39 is 11.8 Å². The molecule has 1 aromatic carbocycles. The molecule has 92 valence electrons.